The Morgan fingerprint density at radius 3 is 2.33 bits per heavy atom. The number of esters is 1. The second-order valence-electron chi connectivity index (χ2n) is 3.70. The minimum absolute atomic E-state index is 0.157. The van der Waals surface area contributed by atoms with Crippen molar-refractivity contribution in [2.45, 2.75) is 31.1 Å². The van der Waals surface area contributed by atoms with Crippen LogP contribution in [0.15, 0.2) is 0 Å². The molecule has 6 nitrogen and oxygen atoms in total. The quantitative estimate of drug-likeness (QED) is 0.563. The van der Waals surface area contributed by atoms with Crippen molar-refractivity contribution >= 4 is 33.7 Å². The summed E-state index contributed by atoms with van der Waals surface area (Å²) in [6.07, 6.45) is -0.157. The summed E-state index contributed by atoms with van der Waals surface area (Å²) in [6.45, 7) is 3.58. The van der Waals surface area contributed by atoms with E-state index in [0.29, 0.717) is 0 Å². The van der Waals surface area contributed by atoms with Crippen LogP contribution in [0.3, 0.4) is 0 Å². The van der Waals surface area contributed by atoms with E-state index in [1.165, 1.54) is 19.0 Å². The topological polar surface area (TPSA) is 75.7 Å². The number of alkyl halides is 1. The van der Waals surface area contributed by atoms with E-state index in [1.54, 1.807) is 13.8 Å². The van der Waals surface area contributed by atoms with Crippen LogP contribution in [-0.4, -0.2) is 54.3 Å². The lowest BCUT2D eigenvalue weighted by atomic mass is 10.1. The van der Waals surface area contributed by atoms with E-state index >= 15 is 0 Å². The van der Waals surface area contributed by atoms with Crippen LogP contribution in [0, 0.1) is 0 Å². The van der Waals surface area contributed by atoms with E-state index in [2.05, 4.69) is 21.2 Å². The predicted octanol–water partition coefficient (Wildman–Crippen LogP) is 0.296. The maximum atomic E-state index is 11.8. The van der Waals surface area contributed by atoms with E-state index in [-0.39, 0.29) is 18.9 Å². The van der Waals surface area contributed by atoms with Crippen molar-refractivity contribution in [1.29, 1.82) is 0 Å². The number of likely N-dealkylation sites (N-methyl/N-ethyl adjacent to an activating group) is 2. The van der Waals surface area contributed by atoms with Gasteiger partial charge >= 0.3 is 5.97 Å². The molecule has 0 aliphatic carbocycles. The highest BCUT2D eigenvalue weighted by molar-refractivity contribution is 9.10. The van der Waals surface area contributed by atoms with Crippen LogP contribution in [0.1, 0.15) is 20.3 Å². The molecule has 0 spiro atoms. The Morgan fingerprint density at radius 2 is 1.94 bits per heavy atom. The minimum atomic E-state index is -0.860. The molecule has 0 aromatic heterocycles. The van der Waals surface area contributed by atoms with Gasteiger partial charge in [0, 0.05) is 14.1 Å². The normalized spacial score (nSPS) is 13.4. The second kappa shape index (κ2) is 8.07. The number of nitrogens with one attached hydrogen (secondary N) is 1. The Balaban J connectivity index is 4.83. The summed E-state index contributed by atoms with van der Waals surface area (Å²) in [6, 6.07) is -0.860. The molecular weight excluding hydrogens is 304 g/mol. The molecule has 0 aliphatic rings. The fourth-order valence-corrected chi connectivity index (χ4v) is 1.71. The molecule has 104 valence electrons. The zero-order valence-electron chi connectivity index (χ0n) is 11.0. The number of carbonyl (C=O) groups excluding carboxylic acids is 3. The summed E-state index contributed by atoms with van der Waals surface area (Å²) in [4.78, 5) is 35.7. The maximum Gasteiger partial charge on any atom is 0.308 e. The van der Waals surface area contributed by atoms with Gasteiger partial charge in [0.2, 0.25) is 11.8 Å². The number of amides is 2. The lowest BCUT2D eigenvalue weighted by Gasteiger charge is -2.27. The number of nitrogens with zero attached hydrogens (tertiary/aromatic N) is 1. The molecule has 2 amide bonds. The molecule has 0 rings (SSSR count). The minimum Gasteiger partial charge on any atom is -0.466 e. The Morgan fingerprint density at radius 1 is 1.39 bits per heavy atom. The molecule has 0 aromatic rings. The van der Waals surface area contributed by atoms with Gasteiger partial charge in [0.15, 0.2) is 0 Å². The molecular formula is C11H19BrN2O4. The first-order chi connectivity index (χ1) is 8.34. The van der Waals surface area contributed by atoms with Crippen molar-refractivity contribution in [3.8, 4) is 0 Å². The van der Waals surface area contributed by atoms with Crippen LogP contribution in [0.2, 0.25) is 0 Å². The Kier molecular flexibility index (Phi) is 7.58. The highest BCUT2D eigenvalue weighted by atomic mass is 79.9. The summed E-state index contributed by atoms with van der Waals surface area (Å²) in [5.41, 5.74) is 0. The fraction of sp³-hybridized carbons (Fsp3) is 0.727. The van der Waals surface area contributed by atoms with Gasteiger partial charge in [-0.2, -0.15) is 0 Å². The van der Waals surface area contributed by atoms with Gasteiger partial charge in [-0.15, -0.1) is 0 Å². The number of ether oxygens (including phenoxy) is 1. The van der Waals surface area contributed by atoms with Gasteiger partial charge < -0.3 is 15.0 Å². The monoisotopic (exact) mass is 322 g/mol. The molecule has 7 heteroatoms. The molecule has 0 saturated carbocycles. The van der Waals surface area contributed by atoms with Crippen LogP contribution in [0.4, 0.5) is 0 Å². The standard InChI is InChI=1S/C11H19BrN2O4/c1-5-18-9(15)6-8(10(16)13-3)14(4)11(17)7(2)12/h7-8H,5-6H2,1-4H3,(H,13,16). The second-order valence-corrected chi connectivity index (χ2v) is 5.08. The first kappa shape index (κ1) is 16.9. The molecule has 0 heterocycles. The third-order valence-corrected chi connectivity index (χ3v) is 2.76. The lowest BCUT2D eigenvalue weighted by molar-refractivity contribution is -0.149. The SMILES string of the molecule is CCOC(=O)CC(C(=O)NC)N(C)C(=O)C(C)Br. The van der Waals surface area contributed by atoms with Gasteiger partial charge in [-0.3, -0.25) is 14.4 Å². The summed E-state index contributed by atoms with van der Waals surface area (Å²) in [5, 5.41) is 2.43. The van der Waals surface area contributed by atoms with Gasteiger partial charge in [-0.25, -0.2) is 0 Å². The van der Waals surface area contributed by atoms with Crippen molar-refractivity contribution in [1.82, 2.24) is 10.2 Å². The van der Waals surface area contributed by atoms with E-state index < -0.39 is 22.7 Å². The zero-order valence-corrected chi connectivity index (χ0v) is 12.6. The lowest BCUT2D eigenvalue weighted by Crippen LogP contribution is -2.49. The smallest absolute Gasteiger partial charge is 0.308 e. The van der Waals surface area contributed by atoms with Crippen LogP contribution < -0.4 is 5.32 Å². The first-order valence-electron chi connectivity index (χ1n) is 5.63. The molecule has 2 unspecified atom stereocenters. The summed E-state index contributed by atoms with van der Waals surface area (Å²) < 4.78 is 4.79. The molecule has 0 aromatic carbocycles. The van der Waals surface area contributed by atoms with E-state index in [0.717, 1.165) is 0 Å². The largest absolute Gasteiger partial charge is 0.466 e. The number of rotatable bonds is 6. The van der Waals surface area contributed by atoms with Crippen LogP contribution in [-0.2, 0) is 19.1 Å². The molecule has 18 heavy (non-hydrogen) atoms. The van der Waals surface area contributed by atoms with Gasteiger partial charge in [-0.05, 0) is 13.8 Å². The molecule has 1 N–H and O–H groups in total. The average molecular weight is 323 g/mol. The molecule has 0 aliphatic heterocycles. The van der Waals surface area contributed by atoms with Crippen molar-refractivity contribution in [3.63, 3.8) is 0 Å². The van der Waals surface area contributed by atoms with Crippen molar-refractivity contribution in [2.75, 3.05) is 20.7 Å². The zero-order chi connectivity index (χ0) is 14.3. The van der Waals surface area contributed by atoms with Gasteiger partial charge in [0.25, 0.3) is 0 Å². The van der Waals surface area contributed by atoms with E-state index in [4.69, 9.17) is 4.74 Å². The fourth-order valence-electron chi connectivity index (χ4n) is 1.38. The summed E-state index contributed by atoms with van der Waals surface area (Å²) >= 11 is 3.14. The summed E-state index contributed by atoms with van der Waals surface area (Å²) in [7, 11) is 2.94. The van der Waals surface area contributed by atoms with Crippen LogP contribution in [0.25, 0.3) is 0 Å². The van der Waals surface area contributed by atoms with Crippen molar-refractivity contribution in [2.24, 2.45) is 0 Å². The molecule has 0 bridgehead atoms. The Labute approximate surface area is 115 Å². The third-order valence-electron chi connectivity index (χ3n) is 2.37. The van der Waals surface area contributed by atoms with Crippen molar-refractivity contribution < 1.29 is 19.1 Å². The number of hydrogen-bond donors (Lipinski definition) is 1. The van der Waals surface area contributed by atoms with Crippen LogP contribution in [0.5, 0.6) is 0 Å². The van der Waals surface area contributed by atoms with Gasteiger partial charge in [-0.1, -0.05) is 15.9 Å². The van der Waals surface area contributed by atoms with E-state index in [9.17, 15) is 14.4 Å². The predicted molar refractivity (Wildman–Crippen MR) is 70.3 cm³/mol. The molecule has 0 radical (unpaired) electrons. The number of hydrogen-bond acceptors (Lipinski definition) is 4. The molecule has 0 fully saturated rings. The number of carbonyl (C=O) groups is 3. The molecule has 2 atom stereocenters. The van der Waals surface area contributed by atoms with Gasteiger partial charge in [0.1, 0.15) is 6.04 Å². The van der Waals surface area contributed by atoms with Crippen LogP contribution >= 0.6 is 15.9 Å². The van der Waals surface area contributed by atoms with E-state index in [1.807, 2.05) is 0 Å². The summed E-state index contributed by atoms with van der Waals surface area (Å²) in [5.74, 6) is -1.17. The third kappa shape index (κ3) is 5.03. The van der Waals surface area contributed by atoms with Gasteiger partial charge in [0.05, 0.1) is 17.9 Å². The Hall–Kier alpha value is -1.11. The Bertz CT molecular complexity index is 320. The number of halogens is 1. The highest BCUT2D eigenvalue weighted by Crippen LogP contribution is 2.10. The maximum absolute atomic E-state index is 11.8. The average Bonchev–Trinajstić information content (AvgIpc) is 2.33. The molecule has 0 saturated heterocycles. The first-order valence-corrected chi connectivity index (χ1v) is 6.54. The highest BCUT2D eigenvalue weighted by Gasteiger charge is 2.30. The van der Waals surface area contributed by atoms with Crippen molar-refractivity contribution in [3.05, 3.63) is 0 Å².